The van der Waals surface area contributed by atoms with Crippen LogP contribution < -0.4 is 0 Å². The zero-order chi connectivity index (χ0) is 7.28. The van der Waals surface area contributed by atoms with Gasteiger partial charge in [-0.3, -0.25) is 4.79 Å². The van der Waals surface area contributed by atoms with Gasteiger partial charge >= 0.3 is 5.97 Å². The first-order valence-electron chi connectivity index (χ1n) is 3.41. The van der Waals surface area contributed by atoms with E-state index in [1.54, 1.807) is 6.92 Å². The van der Waals surface area contributed by atoms with Crippen LogP contribution in [0.3, 0.4) is 0 Å². The van der Waals surface area contributed by atoms with Crippen molar-refractivity contribution >= 4 is 5.97 Å². The third-order valence-electron chi connectivity index (χ3n) is 1.41. The molecule has 1 unspecified atom stereocenters. The van der Waals surface area contributed by atoms with Crippen LogP contribution in [0.1, 0.15) is 33.1 Å². The van der Waals surface area contributed by atoms with Crippen LogP contribution in [-0.2, 0) is 4.79 Å². The molecule has 0 aliphatic carbocycles. The van der Waals surface area contributed by atoms with Crippen LogP contribution in [0.4, 0.5) is 0 Å². The van der Waals surface area contributed by atoms with Gasteiger partial charge in [0, 0.05) is 0 Å². The Bertz CT molecular complexity index is 88.9. The Hall–Kier alpha value is -0.530. The topological polar surface area (TPSA) is 37.3 Å². The Balaban J connectivity index is 3.27. The second-order valence-electron chi connectivity index (χ2n) is 2.38. The van der Waals surface area contributed by atoms with Crippen molar-refractivity contribution in [3.63, 3.8) is 0 Å². The summed E-state index contributed by atoms with van der Waals surface area (Å²) < 4.78 is 0. The lowest BCUT2D eigenvalue weighted by Gasteiger charge is -2.02. The lowest BCUT2D eigenvalue weighted by atomic mass is 10.1. The second kappa shape index (κ2) is 4.36. The average molecular weight is 130 g/mol. The molecule has 0 bridgehead atoms. The minimum atomic E-state index is -0.677. The van der Waals surface area contributed by atoms with E-state index >= 15 is 0 Å². The molecule has 1 atom stereocenters. The summed E-state index contributed by atoms with van der Waals surface area (Å²) in [5.41, 5.74) is 0. The first kappa shape index (κ1) is 8.47. The van der Waals surface area contributed by atoms with Crippen LogP contribution in [0.2, 0.25) is 0 Å². The zero-order valence-electron chi connectivity index (χ0n) is 6.05. The van der Waals surface area contributed by atoms with E-state index in [1.165, 1.54) is 0 Å². The van der Waals surface area contributed by atoms with E-state index in [0.29, 0.717) is 0 Å². The van der Waals surface area contributed by atoms with Crippen LogP contribution in [0, 0.1) is 5.92 Å². The zero-order valence-corrected chi connectivity index (χ0v) is 6.05. The van der Waals surface area contributed by atoms with Crippen molar-refractivity contribution in [1.29, 1.82) is 0 Å². The van der Waals surface area contributed by atoms with Crippen molar-refractivity contribution < 1.29 is 9.90 Å². The highest BCUT2D eigenvalue weighted by atomic mass is 16.4. The molecule has 0 radical (unpaired) electrons. The summed E-state index contributed by atoms with van der Waals surface area (Å²) in [5, 5.41) is 8.41. The molecule has 0 aromatic heterocycles. The summed E-state index contributed by atoms with van der Waals surface area (Å²) in [6, 6.07) is 0. The van der Waals surface area contributed by atoms with Gasteiger partial charge in [0.15, 0.2) is 0 Å². The molecule has 0 fully saturated rings. The lowest BCUT2D eigenvalue weighted by molar-refractivity contribution is -0.141. The molecule has 0 rings (SSSR count). The van der Waals surface area contributed by atoms with Gasteiger partial charge in [0.1, 0.15) is 0 Å². The Morgan fingerprint density at radius 1 is 1.67 bits per heavy atom. The number of aliphatic carboxylic acids is 1. The van der Waals surface area contributed by atoms with Gasteiger partial charge in [-0.25, -0.2) is 0 Å². The molecule has 0 aliphatic rings. The standard InChI is InChI=1S/C7H14O2/c1-3-4-5-6(2)7(8)9/h6H,3-5H2,1-2H3,(H,8,9). The summed E-state index contributed by atoms with van der Waals surface area (Å²) >= 11 is 0. The largest absolute Gasteiger partial charge is 0.481 e. The molecule has 0 saturated heterocycles. The highest BCUT2D eigenvalue weighted by Crippen LogP contribution is 2.06. The quantitative estimate of drug-likeness (QED) is 0.631. The maximum atomic E-state index is 10.2. The van der Waals surface area contributed by atoms with Crippen molar-refractivity contribution in [3.05, 3.63) is 0 Å². The molecule has 0 aliphatic heterocycles. The minimum Gasteiger partial charge on any atom is -0.481 e. The SMILES string of the molecule is CCCCC(C)C(=O)O. The summed E-state index contributed by atoms with van der Waals surface area (Å²) in [6.45, 7) is 3.81. The van der Waals surface area contributed by atoms with Gasteiger partial charge in [0.05, 0.1) is 5.92 Å². The monoisotopic (exact) mass is 130 g/mol. The fourth-order valence-corrected chi connectivity index (χ4v) is 0.634. The minimum absolute atomic E-state index is 0.162. The van der Waals surface area contributed by atoms with Gasteiger partial charge in [0.25, 0.3) is 0 Å². The predicted molar refractivity (Wildman–Crippen MR) is 36.3 cm³/mol. The molecule has 2 heteroatoms. The Kier molecular flexibility index (Phi) is 4.10. The molecule has 2 nitrogen and oxygen atoms in total. The van der Waals surface area contributed by atoms with Crippen molar-refractivity contribution in [2.75, 3.05) is 0 Å². The fraction of sp³-hybridized carbons (Fsp3) is 0.857. The second-order valence-corrected chi connectivity index (χ2v) is 2.38. The summed E-state index contributed by atoms with van der Waals surface area (Å²) in [5.74, 6) is -0.839. The molecule has 54 valence electrons. The number of carboxylic acid groups (broad SMARTS) is 1. The Morgan fingerprint density at radius 3 is 2.56 bits per heavy atom. The lowest BCUT2D eigenvalue weighted by Crippen LogP contribution is -2.08. The van der Waals surface area contributed by atoms with E-state index < -0.39 is 5.97 Å². The van der Waals surface area contributed by atoms with Crippen LogP contribution in [0.15, 0.2) is 0 Å². The van der Waals surface area contributed by atoms with E-state index in [0.717, 1.165) is 19.3 Å². The molecule has 0 heterocycles. The third-order valence-corrected chi connectivity index (χ3v) is 1.41. The molecular formula is C7H14O2. The molecule has 0 aromatic carbocycles. The van der Waals surface area contributed by atoms with E-state index in [-0.39, 0.29) is 5.92 Å². The van der Waals surface area contributed by atoms with Gasteiger partial charge in [0.2, 0.25) is 0 Å². The number of rotatable bonds is 4. The van der Waals surface area contributed by atoms with Crippen molar-refractivity contribution in [2.45, 2.75) is 33.1 Å². The first-order chi connectivity index (χ1) is 4.18. The number of carbonyl (C=O) groups is 1. The van der Waals surface area contributed by atoms with Gasteiger partial charge in [-0.2, -0.15) is 0 Å². The molecule has 1 N–H and O–H groups in total. The highest BCUT2D eigenvalue weighted by Gasteiger charge is 2.08. The Morgan fingerprint density at radius 2 is 2.22 bits per heavy atom. The summed E-state index contributed by atoms with van der Waals surface area (Å²) in [4.78, 5) is 10.2. The Labute approximate surface area is 55.9 Å². The van der Waals surface area contributed by atoms with Crippen LogP contribution in [-0.4, -0.2) is 11.1 Å². The van der Waals surface area contributed by atoms with Crippen LogP contribution in [0.5, 0.6) is 0 Å². The van der Waals surface area contributed by atoms with Crippen molar-refractivity contribution in [1.82, 2.24) is 0 Å². The average Bonchev–Trinajstić information content (AvgIpc) is 1.82. The number of hydrogen-bond donors (Lipinski definition) is 1. The number of unbranched alkanes of at least 4 members (excludes halogenated alkanes) is 1. The van der Waals surface area contributed by atoms with E-state index in [4.69, 9.17) is 5.11 Å². The van der Waals surface area contributed by atoms with E-state index in [2.05, 4.69) is 6.92 Å². The molecule has 0 spiro atoms. The van der Waals surface area contributed by atoms with Crippen molar-refractivity contribution in [3.8, 4) is 0 Å². The van der Waals surface area contributed by atoms with Gasteiger partial charge in [-0.05, 0) is 6.42 Å². The third kappa shape index (κ3) is 4.01. The smallest absolute Gasteiger partial charge is 0.306 e. The summed E-state index contributed by atoms with van der Waals surface area (Å²) in [6.07, 6.45) is 2.91. The first-order valence-corrected chi connectivity index (χ1v) is 3.41. The maximum Gasteiger partial charge on any atom is 0.306 e. The van der Waals surface area contributed by atoms with Crippen LogP contribution in [0.25, 0.3) is 0 Å². The predicted octanol–water partition coefficient (Wildman–Crippen LogP) is 1.90. The highest BCUT2D eigenvalue weighted by molar-refractivity contribution is 5.69. The van der Waals surface area contributed by atoms with Crippen LogP contribution >= 0.6 is 0 Å². The van der Waals surface area contributed by atoms with E-state index in [9.17, 15) is 4.79 Å². The van der Waals surface area contributed by atoms with Gasteiger partial charge < -0.3 is 5.11 Å². The maximum absolute atomic E-state index is 10.2. The number of hydrogen-bond acceptors (Lipinski definition) is 1. The molecule has 9 heavy (non-hydrogen) atoms. The number of carboxylic acids is 1. The molecular weight excluding hydrogens is 116 g/mol. The van der Waals surface area contributed by atoms with Crippen molar-refractivity contribution in [2.24, 2.45) is 5.92 Å². The van der Waals surface area contributed by atoms with E-state index in [1.807, 2.05) is 0 Å². The summed E-state index contributed by atoms with van der Waals surface area (Å²) in [7, 11) is 0. The normalized spacial score (nSPS) is 13.1. The fourth-order valence-electron chi connectivity index (χ4n) is 0.634. The van der Waals surface area contributed by atoms with Gasteiger partial charge in [-0.15, -0.1) is 0 Å². The molecule has 0 amide bonds. The molecule has 0 saturated carbocycles. The van der Waals surface area contributed by atoms with Gasteiger partial charge in [-0.1, -0.05) is 26.7 Å². The molecule has 0 aromatic rings.